The first-order valence-electron chi connectivity index (χ1n) is 9.13. The van der Waals surface area contributed by atoms with Crippen molar-refractivity contribution in [2.24, 2.45) is 0 Å². The number of piperazine rings is 1. The van der Waals surface area contributed by atoms with Crippen molar-refractivity contribution < 1.29 is 18.0 Å². The first-order chi connectivity index (χ1) is 11.9. The van der Waals surface area contributed by atoms with Gasteiger partial charge in [-0.15, -0.1) is 0 Å². The largest absolute Gasteiger partial charge is 0.350 e. The third-order valence-corrected chi connectivity index (χ3v) is 6.56. The minimum atomic E-state index is -3.04. The summed E-state index contributed by atoms with van der Waals surface area (Å²) >= 11 is 0. The van der Waals surface area contributed by atoms with Crippen LogP contribution >= 0.6 is 0 Å². The SMILES string of the molecule is CC(C)(C)NC(=O)CN1CCN(CC(=O)N[C@@]2(C)CCS(=O)(=O)C2)CC1. The minimum absolute atomic E-state index is 0.0130. The molecule has 2 N–H and O–H groups in total. The lowest BCUT2D eigenvalue weighted by Crippen LogP contribution is -2.55. The summed E-state index contributed by atoms with van der Waals surface area (Å²) in [7, 11) is -3.04. The van der Waals surface area contributed by atoms with Gasteiger partial charge in [0, 0.05) is 31.7 Å². The van der Waals surface area contributed by atoms with E-state index in [9.17, 15) is 18.0 Å². The van der Waals surface area contributed by atoms with E-state index < -0.39 is 15.4 Å². The summed E-state index contributed by atoms with van der Waals surface area (Å²) in [6.07, 6.45) is 0.470. The zero-order valence-electron chi connectivity index (χ0n) is 16.3. The van der Waals surface area contributed by atoms with E-state index in [2.05, 4.69) is 15.5 Å². The summed E-state index contributed by atoms with van der Waals surface area (Å²) in [6.45, 7) is 11.2. The van der Waals surface area contributed by atoms with Crippen LogP contribution in [0.2, 0.25) is 0 Å². The number of hydrogen-bond acceptors (Lipinski definition) is 6. The first-order valence-corrected chi connectivity index (χ1v) is 11.0. The van der Waals surface area contributed by atoms with Crippen molar-refractivity contribution in [3.63, 3.8) is 0 Å². The van der Waals surface area contributed by atoms with E-state index in [4.69, 9.17) is 0 Å². The summed E-state index contributed by atoms with van der Waals surface area (Å²) in [5, 5.41) is 5.84. The summed E-state index contributed by atoms with van der Waals surface area (Å²) in [5.41, 5.74) is -0.885. The Kier molecular flexibility index (Phi) is 6.35. The number of sulfone groups is 1. The molecule has 0 radical (unpaired) electrons. The third kappa shape index (κ3) is 6.85. The predicted octanol–water partition coefficient (Wildman–Crippen LogP) is -0.788. The van der Waals surface area contributed by atoms with Gasteiger partial charge in [0.05, 0.1) is 30.1 Å². The fraction of sp³-hybridized carbons (Fsp3) is 0.882. The molecule has 26 heavy (non-hydrogen) atoms. The summed E-state index contributed by atoms with van der Waals surface area (Å²) in [4.78, 5) is 28.4. The molecule has 2 fully saturated rings. The second-order valence-corrected chi connectivity index (χ2v) is 11.0. The van der Waals surface area contributed by atoms with Crippen molar-refractivity contribution in [3.05, 3.63) is 0 Å². The first kappa shape index (κ1) is 21.1. The quantitative estimate of drug-likeness (QED) is 0.641. The van der Waals surface area contributed by atoms with Gasteiger partial charge in [-0.2, -0.15) is 0 Å². The second-order valence-electron chi connectivity index (χ2n) is 8.80. The Morgan fingerprint density at radius 2 is 1.50 bits per heavy atom. The Hall–Kier alpha value is -1.19. The second kappa shape index (κ2) is 7.82. The number of carbonyl (C=O) groups is 2. The number of nitrogens with zero attached hydrogens (tertiary/aromatic N) is 2. The van der Waals surface area contributed by atoms with Gasteiger partial charge in [0.1, 0.15) is 0 Å². The maximum atomic E-state index is 12.3. The van der Waals surface area contributed by atoms with Crippen LogP contribution in [0, 0.1) is 0 Å². The average molecular weight is 389 g/mol. The van der Waals surface area contributed by atoms with Gasteiger partial charge >= 0.3 is 0 Å². The van der Waals surface area contributed by atoms with E-state index in [1.54, 1.807) is 6.92 Å². The minimum Gasteiger partial charge on any atom is -0.350 e. The lowest BCUT2D eigenvalue weighted by atomic mass is 10.0. The van der Waals surface area contributed by atoms with Crippen LogP contribution in [-0.4, -0.2) is 91.9 Å². The Bertz CT molecular complexity index is 636. The Labute approximate surface area is 156 Å². The lowest BCUT2D eigenvalue weighted by Gasteiger charge is -2.35. The van der Waals surface area contributed by atoms with E-state index in [1.165, 1.54) is 0 Å². The molecule has 1 atom stereocenters. The molecule has 8 nitrogen and oxygen atoms in total. The molecule has 0 spiro atoms. The van der Waals surface area contributed by atoms with Gasteiger partial charge in [-0.05, 0) is 34.1 Å². The van der Waals surface area contributed by atoms with Crippen LogP contribution in [0.5, 0.6) is 0 Å². The molecule has 0 unspecified atom stereocenters. The van der Waals surface area contributed by atoms with Crippen LogP contribution < -0.4 is 10.6 Å². The van der Waals surface area contributed by atoms with E-state index in [-0.39, 0.29) is 35.4 Å². The zero-order chi connectivity index (χ0) is 19.6. The molecule has 0 bridgehead atoms. The molecule has 0 aromatic rings. The van der Waals surface area contributed by atoms with Gasteiger partial charge in [-0.25, -0.2) is 8.42 Å². The van der Waals surface area contributed by atoms with Gasteiger partial charge in [0.25, 0.3) is 0 Å². The Morgan fingerprint density at radius 1 is 1.00 bits per heavy atom. The molecule has 2 aliphatic heterocycles. The fourth-order valence-electron chi connectivity index (χ4n) is 3.45. The van der Waals surface area contributed by atoms with E-state index in [0.29, 0.717) is 26.1 Å². The maximum absolute atomic E-state index is 12.3. The molecule has 2 amide bonds. The highest BCUT2D eigenvalue weighted by atomic mass is 32.2. The molecule has 0 aromatic carbocycles. The van der Waals surface area contributed by atoms with Crippen LogP contribution in [0.4, 0.5) is 0 Å². The number of hydrogen-bond donors (Lipinski definition) is 2. The van der Waals surface area contributed by atoms with Crippen molar-refractivity contribution in [3.8, 4) is 0 Å². The van der Waals surface area contributed by atoms with Crippen LogP contribution in [0.1, 0.15) is 34.1 Å². The number of amides is 2. The molecule has 0 aliphatic carbocycles. The Morgan fingerprint density at radius 3 is 1.92 bits per heavy atom. The zero-order valence-corrected chi connectivity index (χ0v) is 17.1. The fourth-order valence-corrected chi connectivity index (χ4v) is 5.55. The number of carbonyl (C=O) groups excluding carboxylic acids is 2. The monoisotopic (exact) mass is 388 g/mol. The van der Waals surface area contributed by atoms with Crippen LogP contribution in [-0.2, 0) is 19.4 Å². The molecule has 150 valence electrons. The van der Waals surface area contributed by atoms with E-state index in [0.717, 1.165) is 13.1 Å². The molecule has 2 aliphatic rings. The molecule has 0 aromatic heterocycles. The molecular weight excluding hydrogens is 356 g/mol. The topological polar surface area (TPSA) is 98.8 Å². The van der Waals surface area contributed by atoms with Gasteiger partial charge in [0.2, 0.25) is 11.8 Å². The number of nitrogens with one attached hydrogen (secondary N) is 2. The highest BCUT2D eigenvalue weighted by Crippen LogP contribution is 2.22. The number of rotatable bonds is 5. The molecular formula is C17H32N4O4S. The highest BCUT2D eigenvalue weighted by Gasteiger charge is 2.39. The van der Waals surface area contributed by atoms with Gasteiger partial charge < -0.3 is 10.6 Å². The molecule has 2 rings (SSSR count). The maximum Gasteiger partial charge on any atom is 0.234 e. The van der Waals surface area contributed by atoms with E-state index in [1.807, 2.05) is 25.7 Å². The van der Waals surface area contributed by atoms with Crippen LogP contribution in [0.3, 0.4) is 0 Å². The Balaban J connectivity index is 1.71. The average Bonchev–Trinajstić information content (AvgIpc) is 2.72. The molecule has 9 heteroatoms. The molecule has 2 heterocycles. The third-order valence-electron chi connectivity index (χ3n) is 4.66. The highest BCUT2D eigenvalue weighted by molar-refractivity contribution is 7.91. The van der Waals surface area contributed by atoms with Crippen molar-refractivity contribution in [1.29, 1.82) is 0 Å². The lowest BCUT2D eigenvalue weighted by molar-refractivity contribution is -0.126. The summed E-state index contributed by atoms with van der Waals surface area (Å²) < 4.78 is 23.3. The van der Waals surface area contributed by atoms with Crippen molar-refractivity contribution in [2.45, 2.75) is 45.2 Å². The predicted molar refractivity (Wildman–Crippen MR) is 101 cm³/mol. The van der Waals surface area contributed by atoms with Crippen LogP contribution in [0.25, 0.3) is 0 Å². The van der Waals surface area contributed by atoms with Crippen molar-refractivity contribution in [2.75, 3.05) is 50.8 Å². The van der Waals surface area contributed by atoms with E-state index >= 15 is 0 Å². The normalized spacial score (nSPS) is 27.2. The summed E-state index contributed by atoms with van der Waals surface area (Å²) in [6, 6.07) is 0. The van der Waals surface area contributed by atoms with Gasteiger partial charge in [-0.1, -0.05) is 0 Å². The van der Waals surface area contributed by atoms with Crippen molar-refractivity contribution >= 4 is 21.7 Å². The smallest absolute Gasteiger partial charge is 0.234 e. The van der Waals surface area contributed by atoms with Crippen LogP contribution in [0.15, 0.2) is 0 Å². The summed E-state index contributed by atoms with van der Waals surface area (Å²) in [5.74, 6) is 0.0317. The standard InChI is InChI=1S/C17H32N4O4S/c1-16(2,3)18-14(22)11-20-6-8-21(9-7-20)12-15(23)19-17(4)5-10-26(24,25)13-17/h5-13H2,1-4H3,(H,18,22)(H,19,23)/t17-/m0/s1. The molecule has 0 saturated carbocycles. The van der Waals surface area contributed by atoms with Crippen molar-refractivity contribution in [1.82, 2.24) is 20.4 Å². The van der Waals surface area contributed by atoms with Gasteiger partial charge in [0.15, 0.2) is 9.84 Å². The molecule has 2 saturated heterocycles. The van der Waals surface area contributed by atoms with Gasteiger partial charge in [-0.3, -0.25) is 19.4 Å².